The summed E-state index contributed by atoms with van der Waals surface area (Å²) in [6.45, 7) is 60.2. The van der Waals surface area contributed by atoms with E-state index in [0.29, 0.717) is 33.6 Å². The number of carbonyl (C=O) groups is 4. The van der Waals surface area contributed by atoms with Crippen molar-refractivity contribution in [2.45, 2.75) is 181 Å². The Labute approximate surface area is 791 Å². The van der Waals surface area contributed by atoms with Crippen LogP contribution < -0.4 is 19.6 Å². The fraction of sp³-hybridized carbons (Fsp3) is 0.322. The van der Waals surface area contributed by atoms with E-state index in [1.165, 1.54) is 78.1 Å². The van der Waals surface area contributed by atoms with Gasteiger partial charge in [0.25, 0.3) is 11.8 Å². The number of hydrogen-bond acceptors (Lipinski definition) is 15. The molecule has 0 radical (unpaired) electrons. The number of nitriles is 2. The molecule has 0 spiro atoms. The van der Waals surface area contributed by atoms with E-state index < -0.39 is 44.3 Å². The number of likely N-dealkylation sites (N-methyl/N-ethyl adjacent to an activating group) is 6. The summed E-state index contributed by atoms with van der Waals surface area (Å²) in [7, 11) is 12.6. The first kappa shape index (κ1) is 88.9. The summed E-state index contributed by atoms with van der Waals surface area (Å²) in [5, 5.41) is 19.5. The number of allylic oxidation sites excluding steroid dienone is 18. The second-order valence-corrected chi connectivity index (χ2v) is 42.5. The number of hydrogen-bond donors (Lipinski definition) is 0. The van der Waals surface area contributed by atoms with Crippen molar-refractivity contribution in [1.82, 2.24) is 14.7 Å². The lowest BCUT2D eigenvalue weighted by atomic mass is 9.49. The van der Waals surface area contributed by atoms with Crippen molar-refractivity contribution in [1.29, 1.82) is 10.5 Å². The first-order valence-corrected chi connectivity index (χ1v) is 47.3. The van der Waals surface area contributed by atoms with Gasteiger partial charge in [-0.25, -0.2) is 14.4 Å². The van der Waals surface area contributed by atoms with Gasteiger partial charge in [-0.1, -0.05) is 189 Å². The van der Waals surface area contributed by atoms with Crippen LogP contribution in [0.4, 0.5) is 22.7 Å². The highest BCUT2D eigenvalue weighted by molar-refractivity contribution is 8.12. The first-order valence-electron chi connectivity index (χ1n) is 45.6. The van der Waals surface area contributed by atoms with Gasteiger partial charge in [0.05, 0.1) is 80.5 Å². The molecule has 0 N–H and O–H groups in total. The lowest BCUT2D eigenvalue weighted by Gasteiger charge is -2.54. The zero-order chi connectivity index (χ0) is 95.4. The molecule has 10 atom stereocenters. The fourth-order valence-corrected chi connectivity index (χ4v) is 30.5. The zero-order valence-corrected chi connectivity index (χ0v) is 82.5. The van der Waals surface area contributed by atoms with Crippen LogP contribution in [-0.4, -0.2) is 125 Å². The van der Waals surface area contributed by atoms with Crippen molar-refractivity contribution < 1.29 is 23.9 Å². The molecule has 16 nitrogen and oxygen atoms in total. The number of nitrogens with zero attached hydrogens (tertiary/aromatic N) is 11. The first-order chi connectivity index (χ1) is 62.9. The Morgan fingerprint density at radius 1 is 0.414 bits per heavy atom. The van der Waals surface area contributed by atoms with E-state index >= 15 is 0 Å². The van der Waals surface area contributed by atoms with Gasteiger partial charge in [0.2, 0.25) is 11.5 Å². The number of benzene rings is 6. The molecule has 133 heavy (non-hydrogen) atoms. The van der Waals surface area contributed by atoms with E-state index in [0.717, 1.165) is 109 Å². The van der Waals surface area contributed by atoms with Crippen LogP contribution in [0.5, 0.6) is 0 Å². The molecule has 0 saturated carbocycles. The molecule has 6 aromatic carbocycles. The predicted octanol–water partition coefficient (Wildman–Crippen LogP) is 23.9. The number of amides is 2. The average molecular weight is 1790 g/mol. The summed E-state index contributed by atoms with van der Waals surface area (Å²) in [5.74, 6) is -1.05. The average Bonchev–Trinajstić information content (AvgIpc) is 1.30. The van der Waals surface area contributed by atoms with Crippen molar-refractivity contribution in [3.8, 4) is 12.1 Å². The predicted molar refractivity (Wildman–Crippen MR) is 539 cm³/mol. The Morgan fingerprint density at radius 2 is 0.820 bits per heavy atom. The Hall–Kier alpha value is -13.4. The number of rotatable bonds is 2. The fourth-order valence-electron chi connectivity index (χ4n) is 27.1. The quantitative estimate of drug-likeness (QED) is 0.0530. The van der Waals surface area contributed by atoms with Gasteiger partial charge in [-0.05, 0) is 262 Å². The van der Waals surface area contributed by atoms with Gasteiger partial charge in [-0.2, -0.15) is 10.5 Å². The maximum absolute atomic E-state index is 13.6. The number of carbonyl (C=O) groups excluding carboxylic acids is 4. The number of thioether (sulfide) groups is 2. The van der Waals surface area contributed by atoms with Crippen LogP contribution in [0.3, 0.4) is 0 Å². The molecule has 10 unspecified atom stereocenters. The lowest BCUT2D eigenvalue weighted by Crippen LogP contribution is -2.66. The molecule has 10 heterocycles. The summed E-state index contributed by atoms with van der Waals surface area (Å²) in [5.41, 5.74) is 34.5. The smallest absolute Gasteiger partial charge is 0.347 e. The molecule has 17 aliphatic rings. The van der Waals surface area contributed by atoms with Gasteiger partial charge >= 0.3 is 11.9 Å². The van der Waals surface area contributed by atoms with E-state index in [-0.39, 0.29) is 40.3 Å². The lowest BCUT2D eigenvalue weighted by molar-refractivity contribution is -0.150. The van der Waals surface area contributed by atoms with Crippen molar-refractivity contribution in [3.05, 3.63) is 367 Å². The van der Waals surface area contributed by atoms with E-state index in [1.54, 1.807) is 23.5 Å². The van der Waals surface area contributed by atoms with Crippen LogP contribution in [0.1, 0.15) is 172 Å². The minimum atomic E-state index is -0.567. The van der Waals surface area contributed by atoms with Gasteiger partial charge in [0.15, 0.2) is 0 Å². The summed E-state index contributed by atoms with van der Waals surface area (Å²) >= 11 is 3.39. The highest BCUT2D eigenvalue weighted by Crippen LogP contribution is 2.76. The van der Waals surface area contributed by atoms with Gasteiger partial charge in [0.1, 0.15) is 17.6 Å². The van der Waals surface area contributed by atoms with E-state index in [1.807, 2.05) is 103 Å². The van der Waals surface area contributed by atoms with Crippen molar-refractivity contribution >= 4 is 103 Å². The zero-order valence-electron chi connectivity index (χ0n) is 80.9. The van der Waals surface area contributed by atoms with Crippen LogP contribution in [0.15, 0.2) is 315 Å². The molecule has 0 bridgehead atoms. The normalized spacial score (nSPS) is 30.1. The minimum Gasteiger partial charge on any atom is -0.386 e. The minimum absolute atomic E-state index is 0.0334. The monoisotopic (exact) mass is 1790 g/mol. The number of fused-ring (bicyclic) bond motifs is 27. The van der Waals surface area contributed by atoms with Crippen LogP contribution in [0, 0.1) is 52.1 Å². The van der Waals surface area contributed by atoms with Crippen LogP contribution in [0.2, 0.25) is 0 Å². The molecular weight excluding hydrogens is 1680 g/mol. The third-order valence-corrected chi connectivity index (χ3v) is 38.1. The maximum Gasteiger partial charge on any atom is 0.347 e. The Morgan fingerprint density at radius 3 is 1.28 bits per heavy atom. The van der Waals surface area contributed by atoms with Gasteiger partial charge in [0, 0.05) is 122 Å². The Kier molecular flexibility index (Phi) is 19.8. The number of imide groups is 1. The van der Waals surface area contributed by atoms with Crippen LogP contribution in [-0.2, 0) is 23.9 Å². The highest BCUT2D eigenvalue weighted by atomic mass is 32.2. The number of likely N-dealkylation sites (tertiary alicyclic amines) is 1. The Balaban J connectivity index is 0.000000108. The van der Waals surface area contributed by atoms with Crippen LogP contribution in [0.25, 0.3) is 42.5 Å². The second-order valence-electron chi connectivity index (χ2n) is 40.0. The number of ether oxygens (including phenoxy) is 1. The molecule has 7 aliphatic carbocycles. The van der Waals surface area contributed by atoms with Gasteiger partial charge in [-0.15, -0.1) is 11.8 Å². The van der Waals surface area contributed by atoms with E-state index in [4.69, 9.17) is 17.9 Å². The molecule has 668 valence electrons. The molecular formula is C115H111N11O5S2. The molecule has 2 fully saturated rings. The number of cyclic esters (lactones) is 2. The van der Waals surface area contributed by atoms with Gasteiger partial charge in [-0.3, -0.25) is 14.5 Å². The molecule has 10 aliphatic heterocycles. The third-order valence-electron chi connectivity index (χ3n) is 35.0. The van der Waals surface area contributed by atoms with Crippen LogP contribution >= 0.6 is 23.5 Å². The summed E-state index contributed by atoms with van der Waals surface area (Å²) in [6, 6.07) is 55.3. The largest absolute Gasteiger partial charge is 0.386 e. The molecule has 23 rings (SSSR count). The molecule has 18 heteroatoms. The summed E-state index contributed by atoms with van der Waals surface area (Å²) in [4.78, 5) is 78.6. The number of anilines is 4. The maximum atomic E-state index is 13.6. The summed E-state index contributed by atoms with van der Waals surface area (Å²) in [6.07, 6.45) is 14.1. The number of para-hydroxylation sites is 4. The van der Waals surface area contributed by atoms with Crippen molar-refractivity contribution in [2.24, 2.45) is 16.2 Å². The number of esters is 2. The van der Waals surface area contributed by atoms with E-state index in [9.17, 15) is 29.7 Å². The molecule has 2 amide bonds. The molecule has 0 aromatic heterocycles. The Bertz CT molecular complexity index is 7070. The topological polar surface area (TPSA) is 156 Å². The van der Waals surface area contributed by atoms with Crippen molar-refractivity contribution in [2.75, 3.05) is 68.4 Å². The third kappa shape index (κ3) is 10.7. The standard InChI is InChI=1S/C27H20N2O2S2.C24H20N4.C24H20N2O3.C22H28.C18H23N3/c1-15-22(16-9-5-4-6-10-16)32-23-20-19(24(30)29(14-13-28)25(20)31)21-17-11-7-8-12-18(17)33-27(21,3)26(15,23)2;1-23-20(15-10-6-8-12-18(15)27(23)4)17(14-25)22(26-3)21-16-11-7-9-13-19(16)28(5)24(21,23)2;1-23-19(13-9-5-7-11-15(13)25(23)3)17-18(22(28)29-21(17)27)20-14-10-6-8-12-16(14)26(4)24(20,23)2;1-13-9-15(3)19-17(5)18(6)20-16(4)10-14(2)12-22(20,8)21(19,7)11-13;1-11-9-14-12(2)13(3)15-10-16(19-6)21(8)18(15,5)17(14,4)20(11)7/h4-12H,14H2,1-3H3;6-13H,1-2,4-5H3;5-12H,1-4H3;9-12H,1-8H3;9-10H,1-5,7-8H3. The van der Waals surface area contributed by atoms with Crippen molar-refractivity contribution in [3.63, 3.8) is 0 Å². The highest BCUT2D eigenvalue weighted by Gasteiger charge is 2.71. The second kappa shape index (κ2) is 29.6. The van der Waals surface area contributed by atoms with E-state index in [2.05, 4.69) is 317 Å². The summed E-state index contributed by atoms with van der Waals surface area (Å²) < 4.78 is 4.72. The van der Waals surface area contributed by atoms with Gasteiger partial charge < -0.3 is 39.0 Å². The molecule has 6 aromatic rings. The molecule has 2 saturated heterocycles. The SMILES string of the molecule is CC1=C(c2ccccc2)SC2=C3C(=O)N(CC#N)C(=O)C3=C3c4ccccc4SC3(C)C12C.CC1=CC2(C)C(=C(C)C(C)=C3C(C)=CC(C)=CC32C)C(C)=C1.CN1c2ccccc2C2=C3C(=O)OC(=O)C3=C3c4ccccc4N(C)C3(C)C21C.[C-]#[N+]C1=C2c3ccccc3N(C)C2(C)C2(C)C(=C1C#N)c1ccccc1N2C.[C-]#[N+]C1=CC2=C(C)C(C)=C3C=C(C)N(C)C3(C)C2(C)N1C.